The average molecular weight is 516 g/mol. The molecule has 0 atom stereocenters. The van der Waals surface area contributed by atoms with Gasteiger partial charge in [-0.05, 0) is 0 Å². The van der Waals surface area contributed by atoms with E-state index in [4.69, 9.17) is 0 Å². The summed E-state index contributed by atoms with van der Waals surface area (Å²) >= 11 is 0. The van der Waals surface area contributed by atoms with Crippen LogP contribution < -0.4 is 0 Å². The Bertz CT molecular complexity index is 10.8. The summed E-state index contributed by atoms with van der Waals surface area (Å²) in [5.41, 5.74) is 0. The third-order valence-electron chi connectivity index (χ3n) is 0. The molecule has 0 aromatic carbocycles. The van der Waals surface area contributed by atoms with Gasteiger partial charge in [0.05, 0.1) is 0 Å². The molecule has 1 radical (unpaired) electrons. The predicted molar refractivity (Wildman–Crippen MR) is 15.6 cm³/mol. The van der Waals surface area contributed by atoms with Gasteiger partial charge in [-0.2, -0.15) is 6.42 Å². The minimum absolute atomic E-state index is 0. The van der Waals surface area contributed by atoms with Gasteiger partial charge in [-0.15, -0.1) is 0 Å². The molecule has 0 saturated carbocycles. The Hall–Kier alpha value is 2.32. The van der Waals surface area contributed by atoms with Crippen molar-refractivity contribution in [2.75, 3.05) is 0 Å². The minimum atomic E-state index is 0. The van der Waals surface area contributed by atoms with Crippen LogP contribution in [0.4, 0.5) is 0 Å². The second kappa shape index (κ2) is 26.5. The Balaban J connectivity index is -0.00000000667. The summed E-state index contributed by atoms with van der Waals surface area (Å²) in [4.78, 5) is 0. The quantitative estimate of drug-likeness (QED) is 0.426. The van der Waals surface area contributed by atoms with Gasteiger partial charge in [-0.25, -0.2) is 0 Å². The van der Waals surface area contributed by atoms with Gasteiger partial charge in [-0.3, -0.25) is 0 Å². The summed E-state index contributed by atoms with van der Waals surface area (Å²) in [5, 5.41) is 0. The standard InChI is InChI=1S/C3H7.U.V.W/c1-3-2;;;/h1,3H2,2H3;;;/q-1;;;. The molecule has 0 nitrogen and oxygen atoms in total. The van der Waals surface area contributed by atoms with Crippen LogP contribution in [0.5, 0.6) is 0 Å². The van der Waals surface area contributed by atoms with E-state index in [1.165, 1.54) is 0 Å². The fourth-order valence-electron chi connectivity index (χ4n) is 0. The first-order valence-corrected chi connectivity index (χ1v) is 1.21. The number of hydrogen-bond acceptors (Lipinski definition) is 0. The van der Waals surface area contributed by atoms with E-state index in [1.807, 2.05) is 6.92 Å². The molecule has 3 heteroatoms. The molecule has 0 rings (SSSR count). The summed E-state index contributed by atoms with van der Waals surface area (Å²) < 4.78 is 0. The Kier molecular flexibility index (Phi) is 105. The van der Waals surface area contributed by atoms with Gasteiger partial charge in [0, 0.05) is 70.7 Å². The fraction of sp³-hybridized carbons (Fsp3) is 0.667. The van der Waals surface area contributed by atoms with Crippen molar-refractivity contribution in [1.29, 1.82) is 0 Å². The second-order valence-electron chi connectivity index (χ2n) is 0.500. The summed E-state index contributed by atoms with van der Waals surface area (Å²) in [6.45, 7) is 5.50. The maximum absolute atomic E-state index is 3.49. The zero-order chi connectivity index (χ0) is 2.71. The van der Waals surface area contributed by atoms with Gasteiger partial charge in [0.15, 0.2) is 0 Å². The van der Waals surface area contributed by atoms with Crippen molar-refractivity contribution in [2.45, 2.75) is 13.3 Å². The van der Waals surface area contributed by atoms with E-state index in [-0.39, 0.29) is 70.7 Å². The Labute approximate surface area is 89.7 Å². The smallest absolute Gasteiger partial charge is 0 e. The molecule has 0 amide bonds. The van der Waals surface area contributed by atoms with Crippen molar-refractivity contribution in [3.8, 4) is 0 Å². The van der Waals surface area contributed by atoms with Crippen LogP contribution in [0.3, 0.4) is 0 Å². The molecule has 0 aromatic heterocycles. The van der Waals surface area contributed by atoms with Crippen LogP contribution in [0.15, 0.2) is 0 Å². The zero-order valence-corrected chi connectivity index (χ0v) is 12.3. The Morgan fingerprint density at radius 3 is 1.50 bits per heavy atom. The zero-order valence-electron chi connectivity index (χ0n) is 3.77. The van der Waals surface area contributed by atoms with E-state index < -0.39 is 0 Å². The summed E-state index contributed by atoms with van der Waals surface area (Å²) in [7, 11) is 0. The van der Waals surface area contributed by atoms with Crippen LogP contribution in [-0.2, 0) is 39.6 Å². The Morgan fingerprint density at radius 1 is 1.50 bits per heavy atom. The maximum atomic E-state index is 3.49. The molecule has 0 aromatic rings. The van der Waals surface area contributed by atoms with Crippen LogP contribution in [0.2, 0.25) is 0 Å². The third-order valence-corrected chi connectivity index (χ3v) is 0. The largest absolute Gasteiger partial charge is 0.344 e. The van der Waals surface area contributed by atoms with Gasteiger partial charge in [0.1, 0.15) is 0 Å². The van der Waals surface area contributed by atoms with Gasteiger partial charge in [0.25, 0.3) is 0 Å². The maximum Gasteiger partial charge on any atom is 0 e. The van der Waals surface area contributed by atoms with Gasteiger partial charge >= 0.3 is 0 Å². The van der Waals surface area contributed by atoms with Crippen molar-refractivity contribution in [1.82, 2.24) is 0 Å². The second-order valence-corrected chi connectivity index (χ2v) is 0.500. The van der Waals surface area contributed by atoms with E-state index in [2.05, 4.69) is 6.92 Å². The molecule has 35 valence electrons. The molecule has 6 heavy (non-hydrogen) atoms. The summed E-state index contributed by atoms with van der Waals surface area (Å²) in [5.74, 6) is 0. The van der Waals surface area contributed by atoms with Crippen LogP contribution in [-0.4, -0.2) is 0 Å². The van der Waals surface area contributed by atoms with Crippen LogP contribution in [0.1, 0.15) is 13.3 Å². The molecular weight excluding hydrogens is 509 g/mol. The van der Waals surface area contributed by atoms with Gasteiger partial charge in [0.2, 0.25) is 0 Å². The van der Waals surface area contributed by atoms with Crippen molar-refractivity contribution in [3.05, 3.63) is 6.92 Å². The van der Waals surface area contributed by atoms with E-state index in [0.29, 0.717) is 0 Å². The Morgan fingerprint density at radius 2 is 1.50 bits per heavy atom. The molecule has 0 aliphatic carbocycles. The SMILES string of the molecule is [CH2-]CC.[U].[V].[W]. The van der Waals surface area contributed by atoms with Crippen molar-refractivity contribution in [3.63, 3.8) is 0 Å². The minimum Gasteiger partial charge on any atom is -0.344 e. The van der Waals surface area contributed by atoms with Crippen molar-refractivity contribution in [2.24, 2.45) is 0 Å². The first-order valence-electron chi connectivity index (χ1n) is 1.21. The van der Waals surface area contributed by atoms with Crippen molar-refractivity contribution < 1.29 is 70.7 Å². The molecule has 0 aliphatic heterocycles. The van der Waals surface area contributed by atoms with Crippen LogP contribution >= 0.6 is 0 Å². The van der Waals surface area contributed by atoms with E-state index in [1.54, 1.807) is 0 Å². The molecule has 0 spiro atoms. The topological polar surface area (TPSA) is 0 Å². The molecule has 0 fully saturated rings. The number of hydrogen-bond donors (Lipinski definition) is 0. The first kappa shape index (κ1) is 23.9. The molecule has 0 aliphatic rings. The predicted octanol–water partition coefficient (Wildman–Crippen LogP) is 1.23. The van der Waals surface area contributed by atoms with E-state index >= 15 is 0 Å². The first-order chi connectivity index (χ1) is 1.41. The molecule has 0 heterocycles. The third kappa shape index (κ3) is 33.2. The van der Waals surface area contributed by atoms with Gasteiger partial charge in [-0.1, -0.05) is 6.92 Å². The molecule has 0 N–H and O–H groups in total. The normalized spacial score (nSPS) is 3.00. The average Bonchev–Trinajstić information content (AvgIpc) is 0.918. The van der Waals surface area contributed by atoms with Gasteiger partial charge < -0.3 is 6.92 Å². The number of rotatable bonds is 0. The summed E-state index contributed by atoms with van der Waals surface area (Å²) in [6, 6.07) is 0. The van der Waals surface area contributed by atoms with E-state index in [9.17, 15) is 0 Å². The van der Waals surface area contributed by atoms with Crippen molar-refractivity contribution >= 4 is 0 Å². The molecule has 0 bridgehead atoms. The molecular formula is C3H7UVW-. The van der Waals surface area contributed by atoms with E-state index in [0.717, 1.165) is 6.42 Å². The fourth-order valence-corrected chi connectivity index (χ4v) is 0. The molecule has 0 saturated heterocycles. The monoisotopic (exact) mass is 516 g/mol. The van der Waals surface area contributed by atoms with Crippen LogP contribution in [0, 0.1) is 38.0 Å². The van der Waals surface area contributed by atoms with Crippen LogP contribution in [0.25, 0.3) is 0 Å². The summed E-state index contributed by atoms with van der Waals surface area (Å²) in [6.07, 6.45) is 1.00. The molecule has 0 unspecified atom stereocenters.